The lowest BCUT2D eigenvalue weighted by Crippen LogP contribution is -2.19. The summed E-state index contributed by atoms with van der Waals surface area (Å²) >= 11 is 0. The van der Waals surface area contributed by atoms with Crippen molar-refractivity contribution in [2.45, 2.75) is 19.5 Å². The van der Waals surface area contributed by atoms with Gasteiger partial charge in [0.2, 0.25) is 0 Å². The molecule has 0 unspecified atom stereocenters. The predicted octanol–water partition coefficient (Wildman–Crippen LogP) is 3.12. The summed E-state index contributed by atoms with van der Waals surface area (Å²) in [6.07, 6.45) is -2.53. The molecular formula is C13H12F3NO. The summed E-state index contributed by atoms with van der Waals surface area (Å²) in [4.78, 5) is 11.9. The van der Waals surface area contributed by atoms with Crippen LogP contribution in [0.15, 0.2) is 29.2 Å². The SMILES string of the molecule is CCc1cn(C)c(=O)c2cccc(C(F)(F)F)c12. The molecule has 0 saturated heterocycles. The average molecular weight is 255 g/mol. The maximum atomic E-state index is 13.0. The lowest BCUT2D eigenvalue weighted by Gasteiger charge is -2.14. The number of hydrogen-bond donors (Lipinski definition) is 0. The third-order valence-corrected chi connectivity index (χ3v) is 2.97. The highest BCUT2D eigenvalue weighted by Gasteiger charge is 2.33. The van der Waals surface area contributed by atoms with Crippen LogP contribution in [-0.4, -0.2) is 4.57 Å². The second-order valence-corrected chi connectivity index (χ2v) is 4.15. The molecule has 2 aromatic rings. The molecule has 1 heterocycles. The van der Waals surface area contributed by atoms with Crippen LogP contribution < -0.4 is 5.56 Å². The van der Waals surface area contributed by atoms with Crippen molar-refractivity contribution in [1.29, 1.82) is 0 Å². The number of benzene rings is 1. The number of hydrogen-bond acceptors (Lipinski definition) is 1. The molecule has 1 aromatic heterocycles. The third-order valence-electron chi connectivity index (χ3n) is 2.97. The number of aryl methyl sites for hydroxylation is 2. The Morgan fingerprint density at radius 2 is 1.94 bits per heavy atom. The Bertz CT molecular complexity index is 656. The molecule has 0 spiro atoms. The first kappa shape index (κ1) is 12.7. The summed E-state index contributed by atoms with van der Waals surface area (Å²) in [7, 11) is 1.54. The van der Waals surface area contributed by atoms with Crippen molar-refractivity contribution >= 4 is 10.8 Å². The van der Waals surface area contributed by atoms with Crippen LogP contribution in [-0.2, 0) is 19.6 Å². The molecule has 96 valence electrons. The van der Waals surface area contributed by atoms with Gasteiger partial charge in [-0.05, 0) is 24.1 Å². The Labute approximate surface area is 102 Å². The molecule has 0 aliphatic carbocycles. The molecule has 0 bridgehead atoms. The standard InChI is InChI=1S/C13H12F3NO/c1-3-8-7-17(2)12(18)9-5-4-6-10(11(8)9)13(14,15)16/h4-7H,3H2,1-2H3. The molecule has 0 amide bonds. The number of halogens is 3. The highest BCUT2D eigenvalue weighted by molar-refractivity contribution is 5.88. The van der Waals surface area contributed by atoms with E-state index in [1.54, 1.807) is 14.0 Å². The van der Waals surface area contributed by atoms with E-state index in [0.29, 0.717) is 12.0 Å². The maximum Gasteiger partial charge on any atom is 0.417 e. The fourth-order valence-corrected chi connectivity index (χ4v) is 2.13. The second-order valence-electron chi connectivity index (χ2n) is 4.15. The van der Waals surface area contributed by atoms with Crippen LogP contribution in [0.3, 0.4) is 0 Å². The van der Waals surface area contributed by atoms with Gasteiger partial charge in [-0.1, -0.05) is 13.0 Å². The van der Waals surface area contributed by atoms with E-state index in [1.165, 1.54) is 22.9 Å². The van der Waals surface area contributed by atoms with E-state index in [4.69, 9.17) is 0 Å². The smallest absolute Gasteiger partial charge is 0.318 e. The van der Waals surface area contributed by atoms with Crippen LogP contribution in [0, 0.1) is 0 Å². The van der Waals surface area contributed by atoms with E-state index in [2.05, 4.69) is 0 Å². The molecule has 0 atom stereocenters. The van der Waals surface area contributed by atoms with Gasteiger partial charge in [-0.2, -0.15) is 13.2 Å². The first-order valence-corrected chi connectivity index (χ1v) is 5.54. The van der Waals surface area contributed by atoms with Crippen LogP contribution in [0.5, 0.6) is 0 Å². The summed E-state index contributed by atoms with van der Waals surface area (Å²) in [5.41, 5.74) is -0.622. The molecule has 0 aliphatic heterocycles. The average Bonchev–Trinajstić information content (AvgIpc) is 2.32. The Morgan fingerprint density at radius 1 is 1.28 bits per heavy atom. The number of nitrogens with zero attached hydrogens (tertiary/aromatic N) is 1. The Balaban J connectivity index is 3.01. The van der Waals surface area contributed by atoms with E-state index < -0.39 is 17.3 Å². The quantitative estimate of drug-likeness (QED) is 0.767. The monoisotopic (exact) mass is 255 g/mol. The van der Waals surface area contributed by atoms with Crippen LogP contribution in [0.25, 0.3) is 10.8 Å². The molecule has 5 heteroatoms. The van der Waals surface area contributed by atoms with Gasteiger partial charge in [0, 0.05) is 24.0 Å². The van der Waals surface area contributed by atoms with E-state index in [-0.39, 0.29) is 10.8 Å². The van der Waals surface area contributed by atoms with Crippen LogP contribution in [0.2, 0.25) is 0 Å². The van der Waals surface area contributed by atoms with Gasteiger partial charge in [-0.3, -0.25) is 4.79 Å². The topological polar surface area (TPSA) is 22.0 Å². The van der Waals surface area contributed by atoms with E-state index >= 15 is 0 Å². The number of fused-ring (bicyclic) bond motifs is 1. The minimum Gasteiger partial charge on any atom is -0.318 e. The van der Waals surface area contributed by atoms with Crippen molar-refractivity contribution in [3.63, 3.8) is 0 Å². The highest BCUT2D eigenvalue weighted by atomic mass is 19.4. The summed E-state index contributed by atoms with van der Waals surface area (Å²) in [6.45, 7) is 1.77. The number of alkyl halides is 3. The lowest BCUT2D eigenvalue weighted by atomic mass is 9.99. The molecule has 0 radical (unpaired) electrons. The fourth-order valence-electron chi connectivity index (χ4n) is 2.13. The van der Waals surface area contributed by atoms with Crippen molar-refractivity contribution < 1.29 is 13.2 Å². The van der Waals surface area contributed by atoms with Crippen LogP contribution >= 0.6 is 0 Å². The molecule has 2 nitrogen and oxygen atoms in total. The summed E-state index contributed by atoms with van der Waals surface area (Å²) in [5, 5.41) is 0.141. The largest absolute Gasteiger partial charge is 0.417 e. The summed E-state index contributed by atoms with van der Waals surface area (Å²) in [5.74, 6) is 0. The Kier molecular flexibility index (Phi) is 2.92. The third kappa shape index (κ3) is 1.89. The normalized spacial score (nSPS) is 12.1. The first-order chi connectivity index (χ1) is 8.36. The Morgan fingerprint density at radius 3 is 2.50 bits per heavy atom. The van der Waals surface area contributed by atoms with Gasteiger partial charge in [0.15, 0.2) is 0 Å². The first-order valence-electron chi connectivity index (χ1n) is 5.54. The van der Waals surface area contributed by atoms with E-state index in [0.717, 1.165) is 6.07 Å². The van der Waals surface area contributed by atoms with Gasteiger partial charge < -0.3 is 4.57 Å². The fraction of sp³-hybridized carbons (Fsp3) is 0.308. The minimum absolute atomic E-state index is 0.0237. The van der Waals surface area contributed by atoms with Gasteiger partial charge >= 0.3 is 6.18 Å². The zero-order valence-electron chi connectivity index (χ0n) is 10.0. The summed E-state index contributed by atoms with van der Waals surface area (Å²) in [6, 6.07) is 3.72. The molecule has 0 saturated carbocycles. The van der Waals surface area contributed by atoms with Gasteiger partial charge in [0.1, 0.15) is 0 Å². The van der Waals surface area contributed by atoms with Gasteiger partial charge in [0.25, 0.3) is 5.56 Å². The van der Waals surface area contributed by atoms with Gasteiger partial charge in [-0.25, -0.2) is 0 Å². The predicted molar refractivity (Wildman–Crippen MR) is 63.6 cm³/mol. The van der Waals surface area contributed by atoms with Crippen LogP contribution in [0.1, 0.15) is 18.1 Å². The molecule has 2 rings (SSSR count). The van der Waals surface area contributed by atoms with Crippen molar-refractivity contribution in [3.05, 3.63) is 45.9 Å². The maximum absolute atomic E-state index is 13.0. The van der Waals surface area contributed by atoms with Crippen LogP contribution in [0.4, 0.5) is 13.2 Å². The van der Waals surface area contributed by atoms with Crippen molar-refractivity contribution in [3.8, 4) is 0 Å². The van der Waals surface area contributed by atoms with Crippen molar-refractivity contribution in [1.82, 2.24) is 4.57 Å². The molecular weight excluding hydrogens is 243 g/mol. The van der Waals surface area contributed by atoms with Gasteiger partial charge in [0.05, 0.1) is 5.56 Å². The minimum atomic E-state index is -4.45. The van der Waals surface area contributed by atoms with E-state index in [1.807, 2.05) is 0 Å². The zero-order valence-corrected chi connectivity index (χ0v) is 10.0. The van der Waals surface area contributed by atoms with Crippen molar-refractivity contribution in [2.24, 2.45) is 7.05 Å². The number of aromatic nitrogens is 1. The van der Waals surface area contributed by atoms with Crippen molar-refractivity contribution in [2.75, 3.05) is 0 Å². The van der Waals surface area contributed by atoms with Gasteiger partial charge in [-0.15, -0.1) is 0 Å². The molecule has 0 fully saturated rings. The van der Waals surface area contributed by atoms with E-state index in [9.17, 15) is 18.0 Å². The second kappa shape index (κ2) is 4.15. The highest BCUT2D eigenvalue weighted by Crippen LogP contribution is 2.35. The summed E-state index contributed by atoms with van der Waals surface area (Å²) < 4.78 is 40.2. The molecule has 18 heavy (non-hydrogen) atoms. The lowest BCUT2D eigenvalue weighted by molar-refractivity contribution is -0.136. The molecule has 1 aromatic carbocycles. The molecule has 0 N–H and O–H groups in total. The Hall–Kier alpha value is -1.78. The zero-order chi connectivity index (χ0) is 13.5. The molecule has 0 aliphatic rings. The number of pyridine rings is 1. The number of rotatable bonds is 1.